The molecule has 2 aromatic carbocycles. The summed E-state index contributed by atoms with van der Waals surface area (Å²) in [6, 6.07) is 18.2. The minimum absolute atomic E-state index is 0.125. The molecule has 0 saturated heterocycles. The molecule has 0 aromatic heterocycles. The fourth-order valence-electron chi connectivity index (χ4n) is 1.97. The number of hydrogen-bond donors (Lipinski definition) is 2. The van der Waals surface area contributed by atoms with E-state index in [1.807, 2.05) is 36.4 Å². The van der Waals surface area contributed by atoms with Gasteiger partial charge in [-0.2, -0.15) is 0 Å². The predicted molar refractivity (Wildman–Crippen MR) is 76.4 cm³/mol. The zero-order chi connectivity index (χ0) is 13.5. The Kier molecular flexibility index (Phi) is 4.56. The maximum Gasteiger partial charge on any atom is 0.305 e. The Labute approximate surface area is 112 Å². The normalized spacial score (nSPS) is 10.1. The van der Waals surface area contributed by atoms with E-state index < -0.39 is 5.97 Å². The number of carboxylic acids is 1. The summed E-state index contributed by atoms with van der Waals surface area (Å²) in [7, 11) is 0. The Bertz CT molecular complexity index is 537. The standard InChI is InChI=1S/C16H17NO2/c18-16(19)10-11-17-15-9-5-4-8-14(15)12-13-6-2-1-3-7-13/h1-9,17H,10-12H2,(H,18,19). The number of para-hydroxylation sites is 1. The van der Waals surface area contributed by atoms with Crippen molar-refractivity contribution in [3.8, 4) is 0 Å². The lowest BCUT2D eigenvalue weighted by molar-refractivity contribution is -0.136. The third-order valence-electron chi connectivity index (χ3n) is 2.91. The van der Waals surface area contributed by atoms with Crippen LogP contribution in [0.2, 0.25) is 0 Å². The van der Waals surface area contributed by atoms with Crippen molar-refractivity contribution in [1.82, 2.24) is 0 Å². The summed E-state index contributed by atoms with van der Waals surface area (Å²) in [4.78, 5) is 10.5. The van der Waals surface area contributed by atoms with Gasteiger partial charge in [-0.25, -0.2) is 0 Å². The Morgan fingerprint density at radius 2 is 1.68 bits per heavy atom. The highest BCUT2D eigenvalue weighted by atomic mass is 16.4. The molecule has 3 nitrogen and oxygen atoms in total. The monoisotopic (exact) mass is 255 g/mol. The number of aliphatic carboxylic acids is 1. The van der Waals surface area contributed by atoms with E-state index in [1.165, 1.54) is 11.1 Å². The topological polar surface area (TPSA) is 49.3 Å². The van der Waals surface area contributed by atoms with Crippen LogP contribution in [-0.4, -0.2) is 17.6 Å². The highest BCUT2D eigenvalue weighted by Crippen LogP contribution is 2.18. The number of hydrogen-bond acceptors (Lipinski definition) is 2. The molecule has 2 N–H and O–H groups in total. The van der Waals surface area contributed by atoms with E-state index in [4.69, 9.17) is 5.11 Å². The molecule has 2 rings (SSSR count). The van der Waals surface area contributed by atoms with E-state index in [0.29, 0.717) is 6.54 Å². The molecule has 0 unspecified atom stereocenters. The van der Waals surface area contributed by atoms with Gasteiger partial charge in [0.05, 0.1) is 6.42 Å². The quantitative estimate of drug-likeness (QED) is 0.833. The number of anilines is 1. The number of benzene rings is 2. The van der Waals surface area contributed by atoms with Gasteiger partial charge in [0.15, 0.2) is 0 Å². The van der Waals surface area contributed by atoms with Gasteiger partial charge in [0.25, 0.3) is 0 Å². The van der Waals surface area contributed by atoms with Crippen molar-refractivity contribution in [1.29, 1.82) is 0 Å². The third-order valence-corrected chi connectivity index (χ3v) is 2.91. The van der Waals surface area contributed by atoms with Crippen molar-refractivity contribution < 1.29 is 9.90 Å². The maximum absolute atomic E-state index is 10.5. The summed E-state index contributed by atoms with van der Waals surface area (Å²) < 4.78 is 0. The van der Waals surface area contributed by atoms with Crippen LogP contribution in [0.15, 0.2) is 54.6 Å². The van der Waals surface area contributed by atoms with Gasteiger partial charge in [-0.1, -0.05) is 48.5 Å². The maximum atomic E-state index is 10.5. The lowest BCUT2D eigenvalue weighted by Gasteiger charge is -2.11. The number of carbonyl (C=O) groups is 1. The fraction of sp³-hybridized carbons (Fsp3) is 0.188. The van der Waals surface area contributed by atoms with Crippen LogP contribution in [0.5, 0.6) is 0 Å². The first kappa shape index (κ1) is 13.1. The van der Waals surface area contributed by atoms with Crippen molar-refractivity contribution in [3.05, 3.63) is 65.7 Å². The highest BCUT2D eigenvalue weighted by Gasteiger charge is 2.03. The predicted octanol–water partition coefficient (Wildman–Crippen LogP) is 3.16. The van der Waals surface area contributed by atoms with Crippen molar-refractivity contribution in [3.63, 3.8) is 0 Å². The van der Waals surface area contributed by atoms with E-state index in [9.17, 15) is 4.79 Å². The van der Waals surface area contributed by atoms with Gasteiger partial charge < -0.3 is 10.4 Å². The molecule has 0 spiro atoms. The van der Waals surface area contributed by atoms with Gasteiger partial charge in [-0.15, -0.1) is 0 Å². The van der Waals surface area contributed by atoms with Crippen LogP contribution in [0.1, 0.15) is 17.5 Å². The number of rotatable bonds is 6. The summed E-state index contributed by atoms with van der Waals surface area (Å²) in [5.74, 6) is -0.784. The lowest BCUT2D eigenvalue weighted by atomic mass is 10.0. The summed E-state index contributed by atoms with van der Waals surface area (Å²) in [5.41, 5.74) is 3.43. The molecule has 3 heteroatoms. The van der Waals surface area contributed by atoms with Crippen LogP contribution >= 0.6 is 0 Å². The Morgan fingerprint density at radius 1 is 1.00 bits per heavy atom. The largest absolute Gasteiger partial charge is 0.481 e. The molecule has 19 heavy (non-hydrogen) atoms. The van der Waals surface area contributed by atoms with Gasteiger partial charge in [-0.3, -0.25) is 4.79 Å². The first-order valence-electron chi connectivity index (χ1n) is 6.33. The second-order valence-corrected chi connectivity index (χ2v) is 4.39. The van der Waals surface area contributed by atoms with Crippen molar-refractivity contribution in [2.24, 2.45) is 0 Å². The first-order valence-corrected chi connectivity index (χ1v) is 6.33. The van der Waals surface area contributed by atoms with Gasteiger partial charge in [0.2, 0.25) is 0 Å². The van der Waals surface area contributed by atoms with Crippen molar-refractivity contribution in [2.75, 3.05) is 11.9 Å². The molecule has 0 aliphatic rings. The minimum atomic E-state index is -0.784. The zero-order valence-corrected chi connectivity index (χ0v) is 10.7. The van der Waals surface area contributed by atoms with Gasteiger partial charge in [0, 0.05) is 12.2 Å². The molecular weight excluding hydrogens is 238 g/mol. The molecule has 0 radical (unpaired) electrons. The molecule has 0 amide bonds. The second-order valence-electron chi connectivity index (χ2n) is 4.39. The number of carboxylic acid groups (broad SMARTS) is 1. The van der Waals surface area contributed by atoms with Crippen LogP contribution < -0.4 is 5.32 Å². The van der Waals surface area contributed by atoms with Crippen LogP contribution in [0, 0.1) is 0 Å². The minimum Gasteiger partial charge on any atom is -0.481 e. The summed E-state index contributed by atoms with van der Waals surface area (Å²) in [6.45, 7) is 0.446. The SMILES string of the molecule is O=C(O)CCNc1ccccc1Cc1ccccc1. The average molecular weight is 255 g/mol. The molecule has 0 heterocycles. The Balaban J connectivity index is 2.06. The highest BCUT2D eigenvalue weighted by molar-refractivity contribution is 5.67. The molecular formula is C16H17NO2. The van der Waals surface area contributed by atoms with Gasteiger partial charge >= 0.3 is 5.97 Å². The van der Waals surface area contributed by atoms with Crippen LogP contribution in [-0.2, 0) is 11.2 Å². The van der Waals surface area contributed by atoms with E-state index in [1.54, 1.807) is 0 Å². The van der Waals surface area contributed by atoms with Gasteiger partial charge in [-0.05, 0) is 23.6 Å². The smallest absolute Gasteiger partial charge is 0.305 e. The number of nitrogens with one attached hydrogen (secondary N) is 1. The molecule has 0 saturated carbocycles. The molecule has 0 bridgehead atoms. The Hall–Kier alpha value is -2.29. The molecule has 0 fully saturated rings. The average Bonchev–Trinajstić information content (AvgIpc) is 2.41. The van der Waals surface area contributed by atoms with Crippen LogP contribution in [0.4, 0.5) is 5.69 Å². The fourth-order valence-corrected chi connectivity index (χ4v) is 1.97. The van der Waals surface area contributed by atoms with Crippen molar-refractivity contribution >= 4 is 11.7 Å². The molecule has 0 aliphatic heterocycles. The Morgan fingerprint density at radius 3 is 2.42 bits per heavy atom. The van der Waals surface area contributed by atoms with E-state index >= 15 is 0 Å². The molecule has 0 atom stereocenters. The van der Waals surface area contributed by atoms with Gasteiger partial charge in [0.1, 0.15) is 0 Å². The van der Waals surface area contributed by atoms with E-state index in [0.717, 1.165) is 12.1 Å². The molecule has 0 aliphatic carbocycles. The van der Waals surface area contributed by atoms with Crippen LogP contribution in [0.25, 0.3) is 0 Å². The molecule has 2 aromatic rings. The van der Waals surface area contributed by atoms with Crippen molar-refractivity contribution in [2.45, 2.75) is 12.8 Å². The first-order chi connectivity index (χ1) is 9.25. The molecule has 98 valence electrons. The third kappa shape index (κ3) is 4.14. The second kappa shape index (κ2) is 6.59. The van der Waals surface area contributed by atoms with E-state index in [2.05, 4.69) is 23.5 Å². The van der Waals surface area contributed by atoms with E-state index in [-0.39, 0.29) is 6.42 Å². The summed E-state index contributed by atoms with van der Waals surface area (Å²) in [5, 5.41) is 11.8. The van der Waals surface area contributed by atoms with Crippen LogP contribution in [0.3, 0.4) is 0 Å². The summed E-state index contributed by atoms with van der Waals surface area (Å²) >= 11 is 0. The zero-order valence-electron chi connectivity index (χ0n) is 10.7. The lowest BCUT2D eigenvalue weighted by Crippen LogP contribution is -2.09. The summed E-state index contributed by atoms with van der Waals surface area (Å²) in [6.07, 6.45) is 0.969.